The van der Waals surface area contributed by atoms with E-state index in [2.05, 4.69) is 26.0 Å². The maximum absolute atomic E-state index is 13.1. The number of hydrogen-bond donors (Lipinski definition) is 2. The van der Waals surface area contributed by atoms with E-state index in [-0.39, 0.29) is 22.7 Å². The van der Waals surface area contributed by atoms with Crippen molar-refractivity contribution in [1.82, 2.24) is 4.72 Å². The molecular formula is C22H20BrN3O5S. The molecule has 0 saturated carbocycles. The molecule has 32 heavy (non-hydrogen) atoms. The fourth-order valence-electron chi connectivity index (χ4n) is 2.98. The molecule has 0 fully saturated rings. The van der Waals surface area contributed by atoms with E-state index >= 15 is 0 Å². The van der Waals surface area contributed by atoms with Crippen molar-refractivity contribution in [3.05, 3.63) is 98.5 Å². The molecule has 0 bridgehead atoms. The lowest BCUT2D eigenvalue weighted by atomic mass is 10.1. The van der Waals surface area contributed by atoms with E-state index in [1.807, 2.05) is 6.07 Å². The van der Waals surface area contributed by atoms with E-state index in [9.17, 15) is 23.3 Å². The molecule has 1 atom stereocenters. The van der Waals surface area contributed by atoms with Crippen molar-refractivity contribution >= 4 is 43.2 Å². The van der Waals surface area contributed by atoms with Crippen molar-refractivity contribution in [2.24, 2.45) is 0 Å². The summed E-state index contributed by atoms with van der Waals surface area (Å²) in [6, 6.07) is 18.0. The SMILES string of the molecule is Cc1ccc([N+](=O)[O-])cc1NC(=O)[C@H](Cc1ccccc1)NS(=O)(=O)c1ccc(Br)cc1. The Morgan fingerprint density at radius 3 is 2.34 bits per heavy atom. The topological polar surface area (TPSA) is 118 Å². The number of benzene rings is 3. The molecule has 2 N–H and O–H groups in total. The largest absolute Gasteiger partial charge is 0.324 e. The van der Waals surface area contributed by atoms with Gasteiger partial charge in [0, 0.05) is 16.6 Å². The number of rotatable bonds is 8. The molecule has 3 rings (SSSR count). The third kappa shape index (κ3) is 6.00. The molecule has 0 spiro atoms. The summed E-state index contributed by atoms with van der Waals surface area (Å²) < 4.78 is 29.0. The van der Waals surface area contributed by atoms with Crippen LogP contribution in [-0.2, 0) is 21.2 Å². The van der Waals surface area contributed by atoms with Crippen molar-refractivity contribution < 1.29 is 18.1 Å². The van der Waals surface area contributed by atoms with Gasteiger partial charge in [-0.25, -0.2) is 8.42 Å². The average molecular weight is 518 g/mol. The highest BCUT2D eigenvalue weighted by Crippen LogP contribution is 2.23. The molecule has 3 aromatic carbocycles. The van der Waals surface area contributed by atoms with Crippen molar-refractivity contribution in [1.29, 1.82) is 0 Å². The van der Waals surface area contributed by atoms with E-state index in [1.165, 1.54) is 30.3 Å². The molecule has 0 heterocycles. The van der Waals surface area contributed by atoms with E-state index in [0.29, 0.717) is 5.56 Å². The first-order valence-electron chi connectivity index (χ1n) is 9.53. The summed E-state index contributed by atoms with van der Waals surface area (Å²) >= 11 is 3.26. The van der Waals surface area contributed by atoms with Crippen LogP contribution in [0.2, 0.25) is 0 Å². The first-order valence-corrected chi connectivity index (χ1v) is 11.8. The molecule has 0 aliphatic rings. The molecule has 10 heteroatoms. The number of amides is 1. The van der Waals surface area contributed by atoms with Crippen molar-refractivity contribution in [3.8, 4) is 0 Å². The van der Waals surface area contributed by atoms with Crippen molar-refractivity contribution in [2.45, 2.75) is 24.3 Å². The number of nitrogens with zero attached hydrogens (tertiary/aromatic N) is 1. The molecule has 0 unspecified atom stereocenters. The van der Waals surface area contributed by atoms with Crippen LogP contribution in [0.25, 0.3) is 0 Å². The van der Waals surface area contributed by atoms with Crippen LogP contribution in [0.1, 0.15) is 11.1 Å². The number of carbonyl (C=O) groups excluding carboxylic acids is 1. The first-order chi connectivity index (χ1) is 15.2. The summed E-state index contributed by atoms with van der Waals surface area (Å²) in [5.74, 6) is -0.627. The van der Waals surface area contributed by atoms with Crippen LogP contribution in [0.15, 0.2) is 82.2 Å². The number of carbonyl (C=O) groups is 1. The number of sulfonamides is 1. The van der Waals surface area contributed by atoms with Gasteiger partial charge in [0.05, 0.1) is 15.5 Å². The predicted molar refractivity (Wildman–Crippen MR) is 125 cm³/mol. The molecule has 0 radical (unpaired) electrons. The normalized spacial score (nSPS) is 12.2. The summed E-state index contributed by atoms with van der Waals surface area (Å²) in [5.41, 5.74) is 1.42. The van der Waals surface area contributed by atoms with Gasteiger partial charge in [0.1, 0.15) is 6.04 Å². The van der Waals surface area contributed by atoms with Crippen molar-refractivity contribution in [3.63, 3.8) is 0 Å². The Morgan fingerprint density at radius 1 is 1.06 bits per heavy atom. The standard InChI is InChI=1S/C22H20BrN3O5S/c1-15-7-10-18(26(28)29)14-20(15)24-22(27)21(13-16-5-3-2-4-6-16)25-32(30,31)19-11-8-17(23)9-12-19/h2-12,14,21,25H,13H2,1H3,(H,24,27)/t21-/m0/s1. The van der Waals surface area contributed by atoms with Crippen LogP contribution < -0.4 is 10.0 Å². The van der Waals surface area contributed by atoms with E-state index < -0.39 is 26.9 Å². The van der Waals surface area contributed by atoms with Gasteiger partial charge < -0.3 is 5.32 Å². The number of nitrogens with one attached hydrogen (secondary N) is 2. The molecule has 1 amide bonds. The van der Waals surface area contributed by atoms with E-state index in [0.717, 1.165) is 10.0 Å². The van der Waals surface area contributed by atoms with Gasteiger partial charge in [0.25, 0.3) is 5.69 Å². The molecule has 166 valence electrons. The fourth-order valence-corrected chi connectivity index (χ4v) is 4.44. The third-order valence-electron chi connectivity index (χ3n) is 4.71. The van der Waals surface area contributed by atoms with Crippen LogP contribution in [-0.4, -0.2) is 25.3 Å². The predicted octanol–water partition coefficient (Wildman–Crippen LogP) is 4.19. The Balaban J connectivity index is 1.90. The van der Waals surface area contributed by atoms with Gasteiger partial charge in [-0.15, -0.1) is 0 Å². The molecule has 0 aliphatic carbocycles. The minimum atomic E-state index is -4.01. The van der Waals surface area contributed by atoms with Crippen LogP contribution in [0, 0.1) is 17.0 Å². The monoisotopic (exact) mass is 517 g/mol. The van der Waals surface area contributed by atoms with Gasteiger partial charge in [-0.3, -0.25) is 14.9 Å². The fraction of sp³-hybridized carbons (Fsp3) is 0.136. The lowest BCUT2D eigenvalue weighted by Crippen LogP contribution is -2.45. The number of nitro benzene ring substituents is 1. The van der Waals surface area contributed by atoms with Crippen LogP contribution in [0.3, 0.4) is 0 Å². The quantitative estimate of drug-likeness (QED) is 0.343. The lowest BCUT2D eigenvalue weighted by molar-refractivity contribution is -0.384. The summed E-state index contributed by atoms with van der Waals surface area (Å²) in [5, 5.41) is 13.7. The lowest BCUT2D eigenvalue weighted by Gasteiger charge is -2.19. The van der Waals surface area contributed by atoms with Crippen molar-refractivity contribution in [2.75, 3.05) is 5.32 Å². The van der Waals surface area contributed by atoms with Crippen LogP contribution in [0.4, 0.5) is 11.4 Å². The Morgan fingerprint density at radius 2 is 1.72 bits per heavy atom. The van der Waals surface area contributed by atoms with Gasteiger partial charge in [-0.1, -0.05) is 52.3 Å². The minimum Gasteiger partial charge on any atom is -0.324 e. The Kier molecular flexibility index (Phi) is 7.39. The summed E-state index contributed by atoms with van der Waals surface area (Å²) in [4.78, 5) is 23.6. The highest BCUT2D eigenvalue weighted by Gasteiger charge is 2.27. The second-order valence-corrected chi connectivity index (χ2v) is 9.69. The molecule has 8 nitrogen and oxygen atoms in total. The highest BCUT2D eigenvalue weighted by atomic mass is 79.9. The molecule has 0 saturated heterocycles. The van der Waals surface area contributed by atoms with Gasteiger partial charge in [0.15, 0.2) is 0 Å². The average Bonchev–Trinajstić information content (AvgIpc) is 2.75. The van der Waals surface area contributed by atoms with Gasteiger partial charge in [-0.05, 0) is 48.7 Å². The molecule has 3 aromatic rings. The second kappa shape index (κ2) is 10.0. The van der Waals surface area contributed by atoms with Crippen LogP contribution in [0.5, 0.6) is 0 Å². The maximum Gasteiger partial charge on any atom is 0.271 e. The summed E-state index contributed by atoms with van der Waals surface area (Å²) in [6.45, 7) is 1.69. The van der Waals surface area contributed by atoms with E-state index in [4.69, 9.17) is 0 Å². The Bertz CT molecular complexity index is 1230. The second-order valence-electron chi connectivity index (χ2n) is 7.06. The number of halogens is 1. The molecule has 0 aromatic heterocycles. The molecular weight excluding hydrogens is 498 g/mol. The highest BCUT2D eigenvalue weighted by molar-refractivity contribution is 9.10. The smallest absolute Gasteiger partial charge is 0.271 e. The zero-order chi connectivity index (χ0) is 23.3. The minimum absolute atomic E-state index is 0.0121. The van der Waals surface area contributed by atoms with Gasteiger partial charge >= 0.3 is 0 Å². The Hall–Kier alpha value is -3.08. The zero-order valence-corrected chi connectivity index (χ0v) is 19.4. The first kappa shape index (κ1) is 23.6. The number of non-ortho nitro benzene ring substituents is 1. The number of anilines is 1. The number of hydrogen-bond acceptors (Lipinski definition) is 5. The van der Waals surface area contributed by atoms with Crippen LogP contribution >= 0.6 is 15.9 Å². The third-order valence-corrected chi connectivity index (χ3v) is 6.73. The van der Waals surface area contributed by atoms with E-state index in [1.54, 1.807) is 43.3 Å². The number of nitro groups is 1. The zero-order valence-electron chi connectivity index (χ0n) is 17.0. The number of aryl methyl sites for hydroxylation is 1. The Labute approximate surface area is 194 Å². The summed E-state index contributed by atoms with van der Waals surface area (Å²) in [6.07, 6.45) is 0.0937. The van der Waals surface area contributed by atoms with Gasteiger partial charge in [-0.2, -0.15) is 4.72 Å². The summed E-state index contributed by atoms with van der Waals surface area (Å²) in [7, 11) is -4.01. The maximum atomic E-state index is 13.1. The molecule has 0 aliphatic heterocycles. The van der Waals surface area contributed by atoms with Gasteiger partial charge in [0.2, 0.25) is 15.9 Å².